The highest BCUT2D eigenvalue weighted by Crippen LogP contribution is 2.13. The van der Waals surface area contributed by atoms with Gasteiger partial charge in [0.2, 0.25) is 0 Å². The van der Waals surface area contributed by atoms with E-state index in [0.717, 1.165) is 10.8 Å². The van der Waals surface area contributed by atoms with Gasteiger partial charge in [-0.15, -0.1) is 11.3 Å². The van der Waals surface area contributed by atoms with Crippen molar-refractivity contribution in [2.75, 3.05) is 12.4 Å². The number of nitrogens with zero attached hydrogens (tertiary/aromatic N) is 1. The number of aromatic nitrogens is 1. The Morgan fingerprint density at radius 1 is 1.89 bits per heavy atom. The van der Waals surface area contributed by atoms with Crippen molar-refractivity contribution in [1.29, 1.82) is 0 Å². The number of hydrogen-bond donors (Lipinski definition) is 2. The van der Waals surface area contributed by atoms with E-state index in [2.05, 4.69) is 10.3 Å². The summed E-state index contributed by atoms with van der Waals surface area (Å²) in [6, 6.07) is 0. The molecule has 50 valence electrons. The Hall–Kier alpha value is -0.610. The molecule has 1 heterocycles. The molecular formula is C5H8N2OS. The predicted octanol–water partition coefficient (Wildman–Crippen LogP) is 0.677. The molecule has 0 aliphatic carbocycles. The van der Waals surface area contributed by atoms with Crippen molar-refractivity contribution < 1.29 is 5.11 Å². The lowest BCUT2D eigenvalue weighted by Gasteiger charge is -1.86. The summed E-state index contributed by atoms with van der Waals surface area (Å²) < 4.78 is 0. The molecular weight excluding hydrogens is 136 g/mol. The third-order valence-corrected chi connectivity index (χ3v) is 1.84. The minimum atomic E-state index is 0.0260. The average Bonchev–Trinajstić information content (AvgIpc) is 2.34. The second-order valence-corrected chi connectivity index (χ2v) is 2.41. The average molecular weight is 144 g/mol. The Bertz CT molecular complexity index is 168. The van der Waals surface area contributed by atoms with Gasteiger partial charge in [0.05, 0.1) is 12.3 Å². The number of rotatable bonds is 2. The number of hydrogen-bond acceptors (Lipinski definition) is 4. The second-order valence-electron chi connectivity index (χ2n) is 1.55. The van der Waals surface area contributed by atoms with Crippen molar-refractivity contribution in [1.82, 2.24) is 4.98 Å². The van der Waals surface area contributed by atoms with Crippen LogP contribution in [0.4, 0.5) is 5.13 Å². The van der Waals surface area contributed by atoms with Crippen LogP contribution < -0.4 is 5.32 Å². The largest absolute Gasteiger partial charge is 0.390 e. The summed E-state index contributed by atoms with van der Waals surface area (Å²) in [5, 5.41) is 14.1. The van der Waals surface area contributed by atoms with Gasteiger partial charge in [0, 0.05) is 12.4 Å². The predicted molar refractivity (Wildman–Crippen MR) is 37.6 cm³/mol. The minimum Gasteiger partial charge on any atom is -0.390 e. The van der Waals surface area contributed by atoms with Crippen LogP contribution in [0.15, 0.2) is 5.38 Å². The van der Waals surface area contributed by atoms with E-state index in [-0.39, 0.29) is 6.61 Å². The minimum absolute atomic E-state index is 0.0260. The summed E-state index contributed by atoms with van der Waals surface area (Å²) in [6.07, 6.45) is 0. The zero-order valence-corrected chi connectivity index (χ0v) is 5.90. The first-order chi connectivity index (χ1) is 4.36. The molecule has 0 fully saturated rings. The van der Waals surface area contributed by atoms with Gasteiger partial charge < -0.3 is 10.4 Å². The van der Waals surface area contributed by atoms with E-state index in [9.17, 15) is 0 Å². The molecule has 0 bridgehead atoms. The smallest absolute Gasteiger partial charge is 0.182 e. The molecule has 1 rings (SSSR count). The SMILES string of the molecule is CNc1nc(CO)cs1. The molecule has 0 radical (unpaired) electrons. The molecule has 0 aliphatic rings. The van der Waals surface area contributed by atoms with E-state index in [0.29, 0.717) is 0 Å². The molecule has 0 unspecified atom stereocenters. The highest BCUT2D eigenvalue weighted by Gasteiger charge is 1.95. The number of nitrogens with one attached hydrogen (secondary N) is 1. The fraction of sp³-hybridized carbons (Fsp3) is 0.400. The topological polar surface area (TPSA) is 45.2 Å². The summed E-state index contributed by atoms with van der Waals surface area (Å²) in [5.74, 6) is 0. The Labute approximate surface area is 57.4 Å². The maximum atomic E-state index is 8.56. The first kappa shape index (κ1) is 6.51. The van der Waals surface area contributed by atoms with E-state index >= 15 is 0 Å². The van der Waals surface area contributed by atoms with Gasteiger partial charge in [-0.1, -0.05) is 0 Å². The number of aliphatic hydroxyl groups excluding tert-OH is 1. The van der Waals surface area contributed by atoms with Gasteiger partial charge in [-0.25, -0.2) is 4.98 Å². The monoisotopic (exact) mass is 144 g/mol. The lowest BCUT2D eigenvalue weighted by Crippen LogP contribution is -1.87. The summed E-state index contributed by atoms with van der Waals surface area (Å²) in [6.45, 7) is 0.0260. The van der Waals surface area contributed by atoms with Crippen molar-refractivity contribution >= 4 is 16.5 Å². The van der Waals surface area contributed by atoms with Crippen molar-refractivity contribution in [3.05, 3.63) is 11.1 Å². The van der Waals surface area contributed by atoms with Crippen molar-refractivity contribution in [2.24, 2.45) is 0 Å². The maximum Gasteiger partial charge on any atom is 0.182 e. The third-order valence-electron chi connectivity index (χ3n) is 0.928. The normalized spacial score (nSPS) is 9.56. The highest BCUT2D eigenvalue weighted by molar-refractivity contribution is 7.13. The fourth-order valence-electron chi connectivity index (χ4n) is 0.494. The number of aliphatic hydroxyl groups is 1. The molecule has 0 amide bonds. The van der Waals surface area contributed by atoms with Crippen LogP contribution in [-0.4, -0.2) is 17.1 Å². The highest BCUT2D eigenvalue weighted by atomic mass is 32.1. The van der Waals surface area contributed by atoms with E-state index in [1.807, 2.05) is 5.38 Å². The van der Waals surface area contributed by atoms with Crippen LogP contribution >= 0.6 is 11.3 Å². The molecule has 2 N–H and O–H groups in total. The first-order valence-electron chi connectivity index (χ1n) is 2.60. The van der Waals surface area contributed by atoms with Crippen LogP contribution in [0.3, 0.4) is 0 Å². The first-order valence-corrected chi connectivity index (χ1v) is 3.48. The molecule has 9 heavy (non-hydrogen) atoms. The Balaban J connectivity index is 2.74. The van der Waals surface area contributed by atoms with Gasteiger partial charge in [-0.3, -0.25) is 0 Å². The van der Waals surface area contributed by atoms with Gasteiger partial charge in [0.1, 0.15) is 0 Å². The molecule has 1 aromatic rings. The van der Waals surface area contributed by atoms with Crippen LogP contribution in [-0.2, 0) is 6.61 Å². The Kier molecular flexibility index (Phi) is 2.02. The molecule has 0 saturated heterocycles. The van der Waals surface area contributed by atoms with Crippen LogP contribution in [0.2, 0.25) is 0 Å². The summed E-state index contributed by atoms with van der Waals surface area (Å²) in [5.41, 5.74) is 0.726. The molecule has 0 atom stereocenters. The van der Waals surface area contributed by atoms with Crippen molar-refractivity contribution in [3.8, 4) is 0 Å². The molecule has 0 aromatic carbocycles. The number of thiazole rings is 1. The van der Waals surface area contributed by atoms with Crippen molar-refractivity contribution in [3.63, 3.8) is 0 Å². The van der Waals surface area contributed by atoms with Crippen LogP contribution in [0.1, 0.15) is 5.69 Å². The van der Waals surface area contributed by atoms with Crippen LogP contribution in [0.5, 0.6) is 0 Å². The van der Waals surface area contributed by atoms with E-state index < -0.39 is 0 Å². The van der Waals surface area contributed by atoms with Crippen LogP contribution in [0, 0.1) is 0 Å². The zero-order valence-electron chi connectivity index (χ0n) is 5.09. The Morgan fingerprint density at radius 2 is 2.67 bits per heavy atom. The molecule has 0 aliphatic heterocycles. The zero-order chi connectivity index (χ0) is 6.69. The lowest BCUT2D eigenvalue weighted by atomic mass is 10.5. The quantitative estimate of drug-likeness (QED) is 0.641. The summed E-state index contributed by atoms with van der Waals surface area (Å²) >= 11 is 1.49. The molecule has 1 aromatic heterocycles. The Morgan fingerprint density at radius 3 is 3.00 bits per heavy atom. The number of anilines is 1. The van der Waals surface area contributed by atoms with Crippen LogP contribution in [0.25, 0.3) is 0 Å². The van der Waals surface area contributed by atoms with E-state index in [1.54, 1.807) is 7.05 Å². The van der Waals surface area contributed by atoms with E-state index in [4.69, 9.17) is 5.11 Å². The van der Waals surface area contributed by atoms with Gasteiger partial charge in [-0.05, 0) is 0 Å². The maximum absolute atomic E-state index is 8.56. The van der Waals surface area contributed by atoms with Gasteiger partial charge in [0.15, 0.2) is 5.13 Å². The summed E-state index contributed by atoms with van der Waals surface area (Å²) in [4.78, 5) is 4.00. The second kappa shape index (κ2) is 2.80. The summed E-state index contributed by atoms with van der Waals surface area (Å²) in [7, 11) is 1.81. The lowest BCUT2D eigenvalue weighted by molar-refractivity contribution is 0.278. The fourth-order valence-corrected chi connectivity index (χ4v) is 1.16. The van der Waals surface area contributed by atoms with Crippen molar-refractivity contribution in [2.45, 2.75) is 6.61 Å². The molecule has 0 saturated carbocycles. The molecule has 0 spiro atoms. The van der Waals surface area contributed by atoms with E-state index in [1.165, 1.54) is 11.3 Å². The van der Waals surface area contributed by atoms with Gasteiger partial charge in [0.25, 0.3) is 0 Å². The molecule has 3 nitrogen and oxygen atoms in total. The third kappa shape index (κ3) is 1.40. The standard InChI is InChI=1S/C5H8N2OS/c1-6-5-7-4(2-8)3-9-5/h3,8H,2H2,1H3,(H,6,7). The molecule has 4 heteroatoms. The van der Waals surface area contributed by atoms with Gasteiger partial charge >= 0.3 is 0 Å². The van der Waals surface area contributed by atoms with Gasteiger partial charge in [-0.2, -0.15) is 0 Å².